The van der Waals surface area contributed by atoms with Crippen molar-refractivity contribution in [3.05, 3.63) is 24.3 Å². The normalized spacial score (nSPS) is 15.3. The van der Waals surface area contributed by atoms with E-state index in [4.69, 9.17) is 10.5 Å². The van der Waals surface area contributed by atoms with Gasteiger partial charge in [-0.05, 0) is 48.3 Å². The Morgan fingerprint density at radius 1 is 1.33 bits per heavy atom. The number of methoxy groups -OCH3 is 1. The second-order valence-electron chi connectivity index (χ2n) is 5.42. The van der Waals surface area contributed by atoms with Gasteiger partial charge >= 0.3 is 5.97 Å². The van der Waals surface area contributed by atoms with Gasteiger partial charge in [0, 0.05) is 11.4 Å². The van der Waals surface area contributed by atoms with E-state index in [0.717, 1.165) is 24.3 Å². The van der Waals surface area contributed by atoms with Gasteiger partial charge in [0.2, 0.25) is 5.91 Å². The Morgan fingerprint density at radius 3 is 2.57 bits per heavy atom. The molecular weight excluding hydrogens is 288 g/mol. The van der Waals surface area contributed by atoms with Crippen molar-refractivity contribution in [2.24, 2.45) is 5.41 Å². The fraction of sp³-hybridized carbons (Fsp3) is 0.467. The molecule has 1 amide bonds. The lowest BCUT2D eigenvalue weighted by Gasteiger charge is -2.13. The van der Waals surface area contributed by atoms with Crippen molar-refractivity contribution in [1.29, 1.82) is 0 Å². The minimum Gasteiger partial charge on any atom is -0.469 e. The van der Waals surface area contributed by atoms with Crippen molar-refractivity contribution in [2.75, 3.05) is 29.7 Å². The molecule has 3 N–H and O–H groups in total. The minimum absolute atomic E-state index is 0.0429. The Hall–Kier alpha value is -1.69. The zero-order chi connectivity index (χ0) is 15.3. The van der Waals surface area contributed by atoms with Crippen LogP contribution in [-0.2, 0) is 14.3 Å². The van der Waals surface area contributed by atoms with Crippen molar-refractivity contribution >= 4 is 35.0 Å². The number of carbonyl (C=O) groups is 2. The molecule has 1 aliphatic rings. The van der Waals surface area contributed by atoms with Gasteiger partial charge in [0.1, 0.15) is 0 Å². The van der Waals surface area contributed by atoms with E-state index in [1.807, 2.05) is 0 Å². The lowest BCUT2D eigenvalue weighted by atomic mass is 10.1. The van der Waals surface area contributed by atoms with Crippen LogP contribution in [0.1, 0.15) is 19.3 Å². The smallest absolute Gasteiger partial charge is 0.306 e. The monoisotopic (exact) mass is 308 g/mol. The number of nitrogen functional groups attached to an aromatic ring is 1. The van der Waals surface area contributed by atoms with E-state index in [2.05, 4.69) is 5.32 Å². The Bertz CT molecular complexity index is 512. The molecule has 1 aromatic carbocycles. The maximum Gasteiger partial charge on any atom is 0.306 e. The fourth-order valence-corrected chi connectivity index (χ4v) is 3.23. The quantitative estimate of drug-likeness (QED) is 0.596. The molecule has 0 atom stereocenters. The zero-order valence-corrected chi connectivity index (χ0v) is 12.9. The summed E-state index contributed by atoms with van der Waals surface area (Å²) >= 11 is 1.56. The van der Waals surface area contributed by atoms with Crippen LogP contribution in [0.15, 0.2) is 24.3 Å². The Balaban J connectivity index is 1.70. The molecule has 0 unspecified atom stereocenters. The van der Waals surface area contributed by atoms with Gasteiger partial charge in [0.15, 0.2) is 0 Å². The van der Waals surface area contributed by atoms with Crippen LogP contribution < -0.4 is 11.1 Å². The SMILES string of the molecule is COC(=O)CC1(CSCC(=O)Nc2ccc(N)cc2)CC1. The topological polar surface area (TPSA) is 81.4 Å². The Kier molecular flexibility index (Phi) is 5.12. The first-order valence-electron chi connectivity index (χ1n) is 6.83. The van der Waals surface area contributed by atoms with Crippen molar-refractivity contribution < 1.29 is 14.3 Å². The number of hydrogen-bond acceptors (Lipinski definition) is 5. The number of amides is 1. The van der Waals surface area contributed by atoms with Crippen LogP contribution in [0.3, 0.4) is 0 Å². The highest BCUT2D eigenvalue weighted by Gasteiger charge is 2.44. The maximum absolute atomic E-state index is 11.8. The number of ether oxygens (including phenoxy) is 1. The molecular formula is C15H20N2O3S. The van der Waals surface area contributed by atoms with Crippen LogP contribution in [0.5, 0.6) is 0 Å². The first-order valence-corrected chi connectivity index (χ1v) is 7.98. The summed E-state index contributed by atoms with van der Waals surface area (Å²) in [7, 11) is 1.41. The zero-order valence-electron chi connectivity index (χ0n) is 12.1. The van der Waals surface area contributed by atoms with Gasteiger partial charge in [-0.15, -0.1) is 0 Å². The fourth-order valence-electron chi connectivity index (χ4n) is 2.05. The van der Waals surface area contributed by atoms with Crippen LogP contribution in [0, 0.1) is 5.41 Å². The highest BCUT2D eigenvalue weighted by Crippen LogP contribution is 2.51. The standard InChI is InChI=1S/C15H20N2O3S/c1-20-14(19)8-15(6-7-15)10-21-9-13(18)17-12-4-2-11(16)3-5-12/h2-5H,6-10,16H2,1H3,(H,17,18). The van der Waals surface area contributed by atoms with Crippen LogP contribution in [0.4, 0.5) is 11.4 Å². The molecule has 114 valence electrons. The lowest BCUT2D eigenvalue weighted by Crippen LogP contribution is -2.17. The number of rotatable bonds is 7. The predicted molar refractivity (Wildman–Crippen MR) is 85.1 cm³/mol. The van der Waals surface area contributed by atoms with E-state index < -0.39 is 0 Å². The van der Waals surface area contributed by atoms with Gasteiger partial charge in [-0.1, -0.05) is 0 Å². The number of anilines is 2. The van der Waals surface area contributed by atoms with Crippen LogP contribution in [0.2, 0.25) is 0 Å². The highest BCUT2D eigenvalue weighted by molar-refractivity contribution is 8.00. The second-order valence-corrected chi connectivity index (χ2v) is 6.40. The second kappa shape index (κ2) is 6.85. The number of nitrogens with two attached hydrogens (primary N) is 1. The van der Waals surface area contributed by atoms with Gasteiger partial charge in [-0.3, -0.25) is 9.59 Å². The molecule has 6 heteroatoms. The summed E-state index contributed by atoms with van der Waals surface area (Å²) in [5, 5.41) is 2.82. The number of nitrogens with one attached hydrogen (secondary N) is 1. The summed E-state index contributed by atoms with van der Waals surface area (Å²) in [4.78, 5) is 23.1. The molecule has 1 fully saturated rings. The molecule has 0 heterocycles. The number of thioether (sulfide) groups is 1. The van der Waals surface area contributed by atoms with Gasteiger partial charge in [0.25, 0.3) is 0 Å². The van der Waals surface area contributed by atoms with Crippen LogP contribution in [0.25, 0.3) is 0 Å². The summed E-state index contributed by atoms with van der Waals surface area (Å²) in [6.07, 6.45) is 2.53. The number of hydrogen-bond donors (Lipinski definition) is 2. The summed E-state index contributed by atoms with van der Waals surface area (Å²) in [5.74, 6) is 0.989. The average Bonchev–Trinajstić information content (AvgIpc) is 3.21. The minimum atomic E-state index is -0.167. The van der Waals surface area contributed by atoms with Gasteiger partial charge in [-0.2, -0.15) is 11.8 Å². The van der Waals surface area contributed by atoms with Gasteiger partial charge in [0.05, 0.1) is 19.3 Å². The molecule has 0 spiro atoms. The molecule has 0 aliphatic heterocycles. The van der Waals surface area contributed by atoms with Crippen molar-refractivity contribution in [3.8, 4) is 0 Å². The van der Waals surface area contributed by atoms with Crippen LogP contribution in [-0.4, -0.2) is 30.5 Å². The first-order chi connectivity index (χ1) is 10.0. The third-order valence-electron chi connectivity index (χ3n) is 3.54. The lowest BCUT2D eigenvalue weighted by molar-refractivity contribution is -0.141. The predicted octanol–water partition coefficient (Wildman–Crippen LogP) is 2.28. The van der Waals surface area contributed by atoms with Crippen molar-refractivity contribution in [3.63, 3.8) is 0 Å². The third-order valence-corrected chi connectivity index (χ3v) is 4.82. The highest BCUT2D eigenvalue weighted by atomic mass is 32.2. The van der Waals surface area contributed by atoms with E-state index in [-0.39, 0.29) is 17.3 Å². The first kappa shape index (κ1) is 15.7. The maximum atomic E-state index is 11.8. The van der Waals surface area contributed by atoms with E-state index in [1.165, 1.54) is 7.11 Å². The van der Waals surface area contributed by atoms with E-state index >= 15 is 0 Å². The summed E-state index contributed by atoms with van der Waals surface area (Å²) in [6, 6.07) is 7.05. The van der Waals surface area contributed by atoms with Crippen molar-refractivity contribution in [2.45, 2.75) is 19.3 Å². The van der Waals surface area contributed by atoms with Crippen molar-refractivity contribution in [1.82, 2.24) is 0 Å². The molecule has 1 saturated carbocycles. The van der Waals surface area contributed by atoms with E-state index in [9.17, 15) is 9.59 Å². The van der Waals surface area contributed by atoms with Crippen LogP contribution >= 0.6 is 11.8 Å². The van der Waals surface area contributed by atoms with Gasteiger partial charge in [-0.25, -0.2) is 0 Å². The Labute approximate surface area is 128 Å². The summed E-state index contributed by atoms with van der Waals surface area (Å²) in [6.45, 7) is 0. The Morgan fingerprint density at radius 2 is 2.00 bits per heavy atom. The largest absolute Gasteiger partial charge is 0.469 e. The molecule has 1 aliphatic carbocycles. The molecule has 5 nitrogen and oxygen atoms in total. The molecule has 21 heavy (non-hydrogen) atoms. The molecule has 0 aromatic heterocycles. The van der Waals surface area contributed by atoms with Gasteiger partial charge < -0.3 is 15.8 Å². The molecule has 0 bridgehead atoms. The van der Waals surface area contributed by atoms with E-state index in [1.54, 1.807) is 36.0 Å². The third kappa shape index (κ3) is 4.97. The van der Waals surface area contributed by atoms with E-state index in [0.29, 0.717) is 17.9 Å². The molecule has 0 radical (unpaired) electrons. The molecule has 0 saturated heterocycles. The number of carbonyl (C=O) groups excluding carboxylic acids is 2. The number of benzene rings is 1. The number of esters is 1. The average molecular weight is 308 g/mol. The molecule has 1 aromatic rings. The summed E-state index contributed by atoms with van der Waals surface area (Å²) < 4.78 is 4.70. The summed E-state index contributed by atoms with van der Waals surface area (Å²) in [5.41, 5.74) is 7.05. The molecule has 2 rings (SSSR count).